The maximum atomic E-state index is 13.4. The number of aliphatic hydroxyl groups is 11. The second-order valence-electron chi connectivity index (χ2n) is 17.4. The molecule has 3 aliphatic rings. The Morgan fingerprint density at radius 3 is 1.95 bits per heavy atom. The van der Waals surface area contributed by atoms with E-state index in [1.54, 1.807) is 73.8 Å². The van der Waals surface area contributed by atoms with Crippen LogP contribution in [0.5, 0.6) is 0 Å². The monoisotopic (exact) mass is 938 g/mol. The lowest BCUT2D eigenvalue weighted by Crippen LogP contribution is -2.59. The number of hydrogen-bond donors (Lipinski definition) is 13. The van der Waals surface area contributed by atoms with Crippen molar-refractivity contribution < 1.29 is 84.7 Å². The van der Waals surface area contributed by atoms with Gasteiger partial charge in [-0.3, -0.25) is 9.59 Å². The molecule has 374 valence electrons. The molecular formula is C47H74N2O17. The average Bonchev–Trinajstić information content (AvgIpc) is 3.23. The fourth-order valence-corrected chi connectivity index (χ4v) is 7.81. The van der Waals surface area contributed by atoms with E-state index in [0.717, 1.165) is 0 Å². The second-order valence-corrected chi connectivity index (χ2v) is 17.4. The summed E-state index contributed by atoms with van der Waals surface area (Å²) in [5.41, 5.74) is 5.97. The summed E-state index contributed by atoms with van der Waals surface area (Å²) in [5, 5.41) is 120. The van der Waals surface area contributed by atoms with E-state index in [2.05, 4.69) is 5.32 Å². The van der Waals surface area contributed by atoms with E-state index in [-0.39, 0.29) is 51.2 Å². The van der Waals surface area contributed by atoms with Gasteiger partial charge < -0.3 is 86.2 Å². The lowest BCUT2D eigenvalue weighted by Gasteiger charge is -2.45. The van der Waals surface area contributed by atoms with E-state index in [9.17, 15) is 65.8 Å². The van der Waals surface area contributed by atoms with Crippen LogP contribution in [0.25, 0.3) is 0 Å². The smallest absolute Gasteiger partial charge is 0.308 e. The maximum absolute atomic E-state index is 13.4. The minimum atomic E-state index is -2.29. The molecule has 0 radical (unpaired) electrons. The van der Waals surface area contributed by atoms with Crippen LogP contribution in [0.4, 0.5) is 0 Å². The summed E-state index contributed by atoms with van der Waals surface area (Å²) in [6.45, 7) is 2.62. The number of fused-ring (bicyclic) bond motifs is 2. The van der Waals surface area contributed by atoms with E-state index in [1.807, 2.05) is 25.2 Å². The molecule has 19 nitrogen and oxygen atoms in total. The molecular weight excluding hydrogens is 865 g/mol. The standard InChI is InChI=1S/C47H74N2O17/c1-29-15-13-11-9-7-5-3-4-6-8-10-12-14-16-34(65-46-44(60)43(48)39(58)28-63-46)25-40-42(45(61)49-19-20-50)38(57)27-47(62,66-40)26-33(53)23-37(56)35(54)18-17-31(51)22-32(52)24-41(59)64-30(2)21-36(29)55/h3-16,29-40,42-44,46,50-58,60,62H,17-28,48H2,1-2H3,(H,49,61)/b4-3-,7-5-,8-6-,11-9-,12-10-,15-13-,16-14-/t29-,30-,31?,32+,33?,34?,35?,36-,37?,38-,39+,40-,42?,43-,44+,46-,47?/m0/s1. The predicted molar refractivity (Wildman–Crippen MR) is 240 cm³/mol. The summed E-state index contributed by atoms with van der Waals surface area (Å²) >= 11 is 0. The van der Waals surface area contributed by atoms with E-state index in [0.29, 0.717) is 0 Å². The first kappa shape index (κ1) is 56.8. The largest absolute Gasteiger partial charge is 0.462 e. The van der Waals surface area contributed by atoms with Gasteiger partial charge in [0.2, 0.25) is 5.91 Å². The van der Waals surface area contributed by atoms with Crippen molar-refractivity contribution in [3.05, 3.63) is 85.1 Å². The Morgan fingerprint density at radius 1 is 0.727 bits per heavy atom. The van der Waals surface area contributed by atoms with Crippen molar-refractivity contribution in [3.8, 4) is 0 Å². The van der Waals surface area contributed by atoms with Crippen LogP contribution >= 0.6 is 0 Å². The fraction of sp³-hybridized carbons (Fsp3) is 0.660. The summed E-state index contributed by atoms with van der Waals surface area (Å²) in [7, 11) is 0. The number of allylic oxidation sites excluding steroid dienone is 12. The van der Waals surface area contributed by atoms with Crippen LogP contribution in [0.3, 0.4) is 0 Å². The van der Waals surface area contributed by atoms with Gasteiger partial charge in [-0.25, -0.2) is 0 Å². The van der Waals surface area contributed by atoms with Crippen molar-refractivity contribution in [2.45, 2.75) is 163 Å². The summed E-state index contributed by atoms with van der Waals surface area (Å²) < 4.78 is 23.1. The van der Waals surface area contributed by atoms with E-state index in [4.69, 9.17) is 24.7 Å². The minimum Gasteiger partial charge on any atom is -0.462 e. The van der Waals surface area contributed by atoms with Crippen LogP contribution in [-0.4, -0.2) is 179 Å². The van der Waals surface area contributed by atoms with Crippen molar-refractivity contribution in [2.75, 3.05) is 19.8 Å². The van der Waals surface area contributed by atoms with Crippen LogP contribution < -0.4 is 11.1 Å². The second kappa shape index (κ2) is 29.4. The number of carbonyl (C=O) groups is 2. The highest BCUT2D eigenvalue weighted by Gasteiger charge is 2.50. The van der Waals surface area contributed by atoms with E-state index < -0.39 is 141 Å². The van der Waals surface area contributed by atoms with Crippen molar-refractivity contribution >= 4 is 11.9 Å². The number of esters is 1. The van der Waals surface area contributed by atoms with E-state index >= 15 is 0 Å². The molecule has 3 rings (SSSR count). The fourth-order valence-electron chi connectivity index (χ4n) is 7.81. The Labute approximate surface area is 386 Å². The summed E-state index contributed by atoms with van der Waals surface area (Å²) in [5.74, 6) is -5.33. The molecule has 2 saturated heterocycles. The first-order valence-corrected chi connectivity index (χ1v) is 22.6. The van der Waals surface area contributed by atoms with Gasteiger partial charge in [0, 0.05) is 44.6 Å². The Hall–Kier alpha value is -3.48. The van der Waals surface area contributed by atoms with Crippen molar-refractivity contribution in [3.63, 3.8) is 0 Å². The van der Waals surface area contributed by atoms with Gasteiger partial charge in [-0.15, -0.1) is 0 Å². The predicted octanol–water partition coefficient (Wildman–Crippen LogP) is -0.899. The number of hydrogen-bond acceptors (Lipinski definition) is 18. The highest BCUT2D eigenvalue weighted by atomic mass is 16.7. The molecule has 1 amide bonds. The van der Waals surface area contributed by atoms with Gasteiger partial charge >= 0.3 is 5.97 Å². The van der Waals surface area contributed by atoms with Gasteiger partial charge in [0.25, 0.3) is 0 Å². The maximum Gasteiger partial charge on any atom is 0.308 e. The number of nitrogens with two attached hydrogens (primary N) is 1. The van der Waals surface area contributed by atoms with Gasteiger partial charge in [-0.2, -0.15) is 0 Å². The SMILES string of the molecule is C[C@H]1C[C@H](O)[C@@H](C)\C=C/C=C\C=C/C=C\C=C/C=C\C=C/C(O[C@@H]2OC[C@@H](O)[C@H](N)[C@H]2O)C[C@@H]2OC(O)(CC(O)CC(O)C(O)CCC(O)C[C@@H](O)CC(=O)O1)C[C@H](O)C2C(=O)NCCO. The quantitative estimate of drug-likeness (QED) is 0.149. The molecule has 0 aromatic carbocycles. The number of rotatable bonds is 5. The number of ether oxygens (including phenoxy) is 4. The Morgan fingerprint density at radius 2 is 1.33 bits per heavy atom. The van der Waals surface area contributed by atoms with Crippen molar-refractivity contribution in [1.82, 2.24) is 5.32 Å². The van der Waals surface area contributed by atoms with E-state index in [1.165, 1.54) is 0 Å². The first-order chi connectivity index (χ1) is 31.3. The molecule has 2 bridgehead atoms. The first-order valence-electron chi connectivity index (χ1n) is 22.6. The molecule has 0 spiro atoms. The third kappa shape index (κ3) is 20.4. The van der Waals surface area contributed by atoms with Gasteiger partial charge in [-0.05, 0) is 26.2 Å². The highest BCUT2D eigenvalue weighted by molar-refractivity contribution is 5.80. The Bertz CT molecular complexity index is 1650. The molecule has 0 saturated carbocycles. The lowest BCUT2D eigenvalue weighted by atomic mass is 9.82. The van der Waals surface area contributed by atoms with Crippen LogP contribution in [0, 0.1) is 11.8 Å². The zero-order valence-corrected chi connectivity index (χ0v) is 37.8. The average molecular weight is 939 g/mol. The van der Waals surface area contributed by atoms with Gasteiger partial charge in [-0.1, -0.05) is 92.0 Å². The minimum absolute atomic E-state index is 0.1000. The van der Waals surface area contributed by atoms with Crippen LogP contribution in [-0.2, 0) is 28.5 Å². The molecule has 17 atom stereocenters. The number of aliphatic hydroxyl groups excluding tert-OH is 10. The number of carbonyl (C=O) groups excluding carboxylic acids is 2. The number of amides is 1. The van der Waals surface area contributed by atoms with Gasteiger partial charge in [0.05, 0.1) is 92.6 Å². The summed E-state index contributed by atoms with van der Waals surface area (Å²) in [6.07, 6.45) is 5.32. The molecule has 66 heavy (non-hydrogen) atoms. The Kier molecular flexibility index (Phi) is 25.3. The normalized spacial score (nSPS) is 42.7. The molecule has 7 unspecified atom stereocenters. The van der Waals surface area contributed by atoms with Crippen molar-refractivity contribution in [2.24, 2.45) is 17.6 Å². The topological polar surface area (TPSA) is 332 Å². The van der Waals surface area contributed by atoms with Crippen LogP contribution in [0.15, 0.2) is 85.1 Å². The molecule has 3 heterocycles. The lowest BCUT2D eigenvalue weighted by molar-refractivity contribution is -0.304. The summed E-state index contributed by atoms with van der Waals surface area (Å²) in [4.78, 5) is 25.9. The third-order valence-electron chi connectivity index (χ3n) is 11.5. The molecule has 0 aromatic heterocycles. The third-order valence-corrected chi connectivity index (χ3v) is 11.5. The zero-order valence-electron chi connectivity index (χ0n) is 37.8. The molecule has 0 aliphatic carbocycles. The summed E-state index contributed by atoms with van der Waals surface area (Å²) in [6, 6.07) is -1.12. The van der Waals surface area contributed by atoms with Crippen LogP contribution in [0.1, 0.15) is 71.6 Å². The van der Waals surface area contributed by atoms with Crippen LogP contribution in [0.2, 0.25) is 0 Å². The zero-order chi connectivity index (χ0) is 48.8. The number of cyclic esters (lactones) is 1. The van der Waals surface area contributed by atoms with Gasteiger partial charge in [0.15, 0.2) is 12.1 Å². The molecule has 2 fully saturated rings. The van der Waals surface area contributed by atoms with Gasteiger partial charge in [0.1, 0.15) is 12.2 Å². The highest BCUT2D eigenvalue weighted by Crippen LogP contribution is 2.38. The molecule has 0 aromatic rings. The van der Waals surface area contributed by atoms with Crippen molar-refractivity contribution in [1.29, 1.82) is 0 Å². The number of nitrogens with one attached hydrogen (secondary N) is 1. The molecule has 14 N–H and O–H groups in total. The Balaban J connectivity index is 1.88. The molecule has 19 heteroatoms. The molecule has 3 aliphatic heterocycles.